The Morgan fingerprint density at radius 2 is 2.13 bits per heavy atom. The lowest BCUT2D eigenvalue weighted by Crippen LogP contribution is -2.50. The molecule has 3 amide bonds. The third kappa shape index (κ3) is 4.51. The molecule has 2 heterocycles. The van der Waals surface area contributed by atoms with Gasteiger partial charge in [-0.2, -0.15) is 13.5 Å². The van der Waals surface area contributed by atoms with Crippen molar-refractivity contribution in [2.75, 3.05) is 33.8 Å². The Hall–Kier alpha value is -1.47. The van der Waals surface area contributed by atoms with E-state index >= 15 is 0 Å². The van der Waals surface area contributed by atoms with E-state index in [1.807, 2.05) is 19.0 Å². The molecule has 2 N–H and O–H groups in total. The number of rotatable bonds is 7. The van der Waals surface area contributed by atoms with E-state index in [1.54, 1.807) is 0 Å². The topological polar surface area (TPSA) is 129 Å². The smallest absolute Gasteiger partial charge is 0.309 e. The molecule has 0 radical (unpaired) electrons. The molecule has 2 fully saturated rings. The van der Waals surface area contributed by atoms with Gasteiger partial charge in [0.05, 0.1) is 12.6 Å². The summed E-state index contributed by atoms with van der Waals surface area (Å²) in [6.45, 7) is 1.05. The average molecular weight is 352 g/mol. The Morgan fingerprint density at radius 3 is 2.74 bits per heavy atom. The van der Waals surface area contributed by atoms with Crippen molar-refractivity contribution in [3.05, 3.63) is 0 Å². The van der Waals surface area contributed by atoms with Crippen molar-refractivity contribution in [1.29, 1.82) is 0 Å². The number of amides is 3. The molecular formula is C11H20N4O7S. The van der Waals surface area contributed by atoms with Crippen LogP contribution in [0.1, 0.15) is 12.8 Å². The van der Waals surface area contributed by atoms with Crippen LogP contribution >= 0.6 is 0 Å². The largest absolute Gasteiger partial charge is 0.418 e. The predicted octanol–water partition coefficient (Wildman–Crippen LogP) is -1.40. The lowest BCUT2D eigenvalue weighted by molar-refractivity contribution is -0.139. The summed E-state index contributed by atoms with van der Waals surface area (Å²) >= 11 is 0. The molecular weight excluding hydrogens is 332 g/mol. The first-order valence-corrected chi connectivity index (χ1v) is 8.39. The van der Waals surface area contributed by atoms with Crippen LogP contribution in [0.4, 0.5) is 4.79 Å². The molecule has 2 atom stereocenters. The second-order valence-electron chi connectivity index (χ2n) is 5.63. The lowest BCUT2D eigenvalue weighted by atomic mass is 10.0. The maximum absolute atomic E-state index is 12.1. The van der Waals surface area contributed by atoms with Gasteiger partial charge in [-0.25, -0.2) is 10.3 Å². The second-order valence-corrected chi connectivity index (χ2v) is 6.63. The van der Waals surface area contributed by atoms with E-state index in [1.165, 1.54) is 4.90 Å². The summed E-state index contributed by atoms with van der Waals surface area (Å²) < 4.78 is 34.6. The molecule has 0 unspecified atom stereocenters. The average Bonchev–Trinajstić information content (AvgIpc) is 2.67. The Kier molecular flexibility index (Phi) is 5.41. The van der Waals surface area contributed by atoms with Crippen molar-refractivity contribution in [1.82, 2.24) is 20.3 Å². The van der Waals surface area contributed by atoms with Gasteiger partial charge in [0.2, 0.25) is 0 Å². The van der Waals surface area contributed by atoms with Crippen molar-refractivity contribution in [2.45, 2.75) is 24.9 Å². The summed E-state index contributed by atoms with van der Waals surface area (Å²) in [6, 6.07) is -2.07. The number of piperidine rings is 1. The van der Waals surface area contributed by atoms with Crippen LogP contribution in [0.5, 0.6) is 0 Å². The molecule has 2 rings (SSSR count). The highest BCUT2D eigenvalue weighted by molar-refractivity contribution is 7.80. The zero-order valence-corrected chi connectivity index (χ0v) is 13.7. The van der Waals surface area contributed by atoms with Gasteiger partial charge < -0.3 is 9.80 Å². The molecule has 2 aliphatic heterocycles. The fourth-order valence-corrected chi connectivity index (χ4v) is 2.91. The van der Waals surface area contributed by atoms with E-state index in [0.29, 0.717) is 31.1 Å². The molecule has 2 aliphatic rings. The molecule has 0 aliphatic carbocycles. The van der Waals surface area contributed by atoms with E-state index in [4.69, 9.17) is 9.39 Å². The standard InChI is InChI=1S/C11H20N4O7S/c1-13(2)5-6-21-12-10(16)9-4-3-8-7-14(9)11(17)15(8)22-23(18,19)20/h8-9H,3-7H2,1-2H3,(H,12,16)(H,18,19,20)/t8-,9+/m1/s1. The maximum atomic E-state index is 12.1. The number of carbonyl (C=O) groups is 2. The molecule has 0 aromatic carbocycles. The van der Waals surface area contributed by atoms with Crippen LogP contribution in [0.25, 0.3) is 0 Å². The van der Waals surface area contributed by atoms with Crippen molar-refractivity contribution < 1.29 is 31.7 Å². The zero-order chi connectivity index (χ0) is 17.2. The maximum Gasteiger partial charge on any atom is 0.418 e. The SMILES string of the molecule is CN(C)CCONC(=O)[C@@H]1CC[C@@H]2CN1C(=O)N2OS(=O)(=O)O. The Labute approximate surface area is 134 Å². The van der Waals surface area contributed by atoms with Gasteiger partial charge in [0.15, 0.2) is 0 Å². The highest BCUT2D eigenvalue weighted by Gasteiger charge is 2.49. The number of urea groups is 1. The van der Waals surface area contributed by atoms with Gasteiger partial charge in [-0.3, -0.25) is 14.2 Å². The summed E-state index contributed by atoms with van der Waals surface area (Å²) in [5.74, 6) is -0.482. The number of likely N-dealkylation sites (N-methyl/N-ethyl adjacent to an activating group) is 1. The number of hydroxylamine groups is 3. The third-order valence-corrected chi connectivity index (χ3v) is 3.96. The van der Waals surface area contributed by atoms with Crippen molar-refractivity contribution >= 4 is 22.3 Å². The van der Waals surface area contributed by atoms with Gasteiger partial charge in [0.1, 0.15) is 6.04 Å². The normalized spacial score (nSPS) is 24.4. The summed E-state index contributed by atoms with van der Waals surface area (Å²) in [6.07, 6.45) is 0.707. The van der Waals surface area contributed by atoms with Crippen molar-refractivity contribution in [3.63, 3.8) is 0 Å². The molecule has 0 spiro atoms. The fourth-order valence-electron chi connectivity index (χ4n) is 2.52. The van der Waals surface area contributed by atoms with E-state index in [2.05, 4.69) is 9.76 Å². The molecule has 2 bridgehead atoms. The number of hydrogen-bond donors (Lipinski definition) is 2. The van der Waals surface area contributed by atoms with Gasteiger partial charge in [0, 0.05) is 13.1 Å². The highest BCUT2D eigenvalue weighted by atomic mass is 32.3. The number of hydrogen-bond acceptors (Lipinski definition) is 7. The van der Waals surface area contributed by atoms with Crippen LogP contribution in [0.3, 0.4) is 0 Å². The first-order chi connectivity index (χ1) is 10.7. The predicted molar refractivity (Wildman–Crippen MR) is 76.0 cm³/mol. The Balaban J connectivity index is 1.92. The summed E-state index contributed by atoms with van der Waals surface area (Å²) in [7, 11) is -1.07. The zero-order valence-electron chi connectivity index (χ0n) is 12.8. The van der Waals surface area contributed by atoms with E-state index < -0.39 is 34.4 Å². The molecule has 0 aromatic heterocycles. The summed E-state index contributed by atoms with van der Waals surface area (Å²) in [5.41, 5.74) is 2.29. The van der Waals surface area contributed by atoms with Gasteiger partial charge in [-0.15, -0.1) is 4.28 Å². The van der Waals surface area contributed by atoms with Crippen LogP contribution in [0, 0.1) is 0 Å². The minimum atomic E-state index is -4.79. The Morgan fingerprint density at radius 1 is 1.43 bits per heavy atom. The van der Waals surface area contributed by atoms with E-state index in [-0.39, 0.29) is 6.54 Å². The van der Waals surface area contributed by atoms with E-state index in [9.17, 15) is 18.0 Å². The van der Waals surface area contributed by atoms with Crippen LogP contribution in [0.2, 0.25) is 0 Å². The van der Waals surface area contributed by atoms with Gasteiger partial charge >= 0.3 is 16.4 Å². The second kappa shape index (κ2) is 6.97. The third-order valence-electron chi connectivity index (χ3n) is 3.61. The highest BCUT2D eigenvalue weighted by Crippen LogP contribution is 2.30. The van der Waals surface area contributed by atoms with Crippen molar-refractivity contribution in [3.8, 4) is 0 Å². The Bertz CT molecular complexity index is 567. The van der Waals surface area contributed by atoms with Crippen LogP contribution in [-0.4, -0.2) is 85.6 Å². The van der Waals surface area contributed by atoms with Crippen LogP contribution in [0.15, 0.2) is 0 Å². The first kappa shape index (κ1) is 17.9. The minimum absolute atomic E-state index is 0.143. The molecule has 12 heteroatoms. The van der Waals surface area contributed by atoms with Gasteiger partial charge in [0.25, 0.3) is 5.91 Å². The molecule has 0 aromatic rings. The number of nitrogens with one attached hydrogen (secondary N) is 1. The minimum Gasteiger partial charge on any atom is -0.309 e. The summed E-state index contributed by atoms with van der Waals surface area (Å²) in [4.78, 5) is 32.3. The van der Waals surface area contributed by atoms with Crippen molar-refractivity contribution in [2.24, 2.45) is 0 Å². The molecule has 2 saturated heterocycles. The molecule has 132 valence electrons. The van der Waals surface area contributed by atoms with E-state index in [0.717, 1.165) is 0 Å². The van der Waals surface area contributed by atoms with Crippen LogP contribution < -0.4 is 5.48 Å². The fraction of sp³-hybridized carbons (Fsp3) is 0.818. The number of carbonyl (C=O) groups excluding carboxylic acids is 2. The summed E-state index contributed by atoms with van der Waals surface area (Å²) in [5, 5.41) is 0.593. The lowest BCUT2D eigenvalue weighted by Gasteiger charge is -2.28. The molecule has 0 saturated carbocycles. The monoisotopic (exact) mass is 352 g/mol. The molecule has 23 heavy (non-hydrogen) atoms. The molecule has 11 nitrogen and oxygen atoms in total. The van der Waals surface area contributed by atoms with Gasteiger partial charge in [-0.05, 0) is 26.9 Å². The first-order valence-electron chi connectivity index (χ1n) is 7.02. The van der Waals surface area contributed by atoms with Crippen LogP contribution in [-0.2, 0) is 24.3 Å². The number of fused-ring (bicyclic) bond motifs is 2. The number of nitrogens with zero attached hydrogens (tertiary/aromatic N) is 3. The van der Waals surface area contributed by atoms with Gasteiger partial charge in [-0.1, -0.05) is 0 Å². The quantitative estimate of drug-likeness (QED) is 0.325.